The van der Waals surface area contributed by atoms with Gasteiger partial charge in [-0.1, -0.05) is 37.3 Å². The average Bonchev–Trinajstić information content (AvgIpc) is 3.02. The van der Waals surface area contributed by atoms with Gasteiger partial charge in [-0.25, -0.2) is 0 Å². The lowest BCUT2D eigenvalue weighted by Gasteiger charge is -2.40. The first-order valence-electron chi connectivity index (χ1n) is 9.96. The van der Waals surface area contributed by atoms with Crippen molar-refractivity contribution in [3.8, 4) is 0 Å². The molecule has 1 amide bonds. The van der Waals surface area contributed by atoms with Crippen LogP contribution in [0.1, 0.15) is 63.1 Å². The quantitative estimate of drug-likeness (QED) is 0.798. The maximum Gasteiger partial charge on any atom is 0.255 e. The van der Waals surface area contributed by atoms with Crippen molar-refractivity contribution >= 4 is 5.91 Å². The van der Waals surface area contributed by atoms with Crippen LogP contribution >= 0.6 is 0 Å². The topological polar surface area (TPSA) is 82.7 Å². The zero-order valence-corrected chi connectivity index (χ0v) is 16.1. The number of aliphatic hydroxyl groups is 1. The molecule has 1 aliphatic carbocycles. The second-order valence-electron chi connectivity index (χ2n) is 8.13. The Balaban J connectivity index is 1.52. The molecule has 2 heterocycles. The highest BCUT2D eigenvalue weighted by atomic mass is 16.5. The maximum atomic E-state index is 12.9. The number of nitrogens with zero attached hydrogens (tertiary/aromatic N) is 4. The first kappa shape index (κ1) is 19.3. The molecular weight excluding hydrogens is 332 g/mol. The van der Waals surface area contributed by atoms with Crippen molar-refractivity contribution in [2.75, 3.05) is 26.7 Å². The summed E-state index contributed by atoms with van der Waals surface area (Å²) in [6, 6.07) is 0. The van der Waals surface area contributed by atoms with Gasteiger partial charge in [-0.3, -0.25) is 9.69 Å². The van der Waals surface area contributed by atoms with Crippen LogP contribution < -0.4 is 0 Å². The number of aromatic nitrogens is 2. The number of carbonyl (C=O) groups is 1. The number of piperidine rings is 1. The summed E-state index contributed by atoms with van der Waals surface area (Å²) in [6.45, 7) is 4.03. The molecule has 0 radical (unpaired) electrons. The first-order valence-corrected chi connectivity index (χ1v) is 9.96. The molecule has 146 valence electrons. The highest BCUT2D eigenvalue weighted by molar-refractivity contribution is 5.86. The summed E-state index contributed by atoms with van der Waals surface area (Å²) in [5.74, 6) is 1.73. The minimum atomic E-state index is -1.31. The number of rotatable bonds is 7. The van der Waals surface area contributed by atoms with Gasteiger partial charge in [-0.05, 0) is 39.2 Å². The van der Waals surface area contributed by atoms with Crippen LogP contribution in [0.25, 0.3) is 0 Å². The molecule has 0 aromatic carbocycles. The van der Waals surface area contributed by atoms with E-state index in [0.717, 1.165) is 31.8 Å². The summed E-state index contributed by atoms with van der Waals surface area (Å²) in [7, 11) is 1.87. The summed E-state index contributed by atoms with van der Waals surface area (Å²) < 4.78 is 5.13. The third kappa shape index (κ3) is 4.82. The Hall–Kier alpha value is -1.47. The molecule has 2 fully saturated rings. The number of aryl methyl sites for hydroxylation is 1. The second-order valence-corrected chi connectivity index (χ2v) is 8.13. The maximum absolute atomic E-state index is 12.9. The van der Waals surface area contributed by atoms with Crippen molar-refractivity contribution in [2.24, 2.45) is 5.92 Å². The van der Waals surface area contributed by atoms with Crippen LogP contribution in [0.4, 0.5) is 0 Å². The molecule has 0 bridgehead atoms. The predicted molar refractivity (Wildman–Crippen MR) is 97.3 cm³/mol. The first-order chi connectivity index (χ1) is 12.5. The third-order valence-corrected chi connectivity index (χ3v) is 5.74. The molecule has 26 heavy (non-hydrogen) atoms. The van der Waals surface area contributed by atoms with Gasteiger partial charge in [0.1, 0.15) is 0 Å². The van der Waals surface area contributed by atoms with E-state index in [2.05, 4.69) is 10.1 Å². The van der Waals surface area contributed by atoms with Crippen LogP contribution in [0, 0.1) is 12.8 Å². The van der Waals surface area contributed by atoms with Gasteiger partial charge in [-0.2, -0.15) is 4.98 Å². The zero-order chi connectivity index (χ0) is 18.6. The Bertz CT molecular complexity index is 599. The molecule has 7 nitrogen and oxygen atoms in total. The SMILES string of the molecule is Cc1noc(CN(C)C[C@@]2(O)CCCN(CCC3CCCCC3)C2=O)n1. The van der Waals surface area contributed by atoms with Crippen molar-refractivity contribution in [3.63, 3.8) is 0 Å². The molecule has 1 atom stereocenters. The van der Waals surface area contributed by atoms with E-state index in [4.69, 9.17) is 4.52 Å². The molecule has 3 rings (SSSR count). The molecule has 1 aromatic rings. The monoisotopic (exact) mass is 364 g/mol. The van der Waals surface area contributed by atoms with Crippen molar-refractivity contribution in [3.05, 3.63) is 11.7 Å². The van der Waals surface area contributed by atoms with E-state index in [0.29, 0.717) is 24.7 Å². The molecular formula is C19H32N4O3. The summed E-state index contributed by atoms with van der Waals surface area (Å²) in [4.78, 5) is 20.9. The predicted octanol–water partition coefficient (Wildman–Crippen LogP) is 2.13. The summed E-state index contributed by atoms with van der Waals surface area (Å²) >= 11 is 0. The van der Waals surface area contributed by atoms with Crippen LogP contribution in [0.2, 0.25) is 0 Å². The fourth-order valence-corrected chi connectivity index (χ4v) is 4.38. The van der Waals surface area contributed by atoms with Crippen LogP contribution in [-0.2, 0) is 11.3 Å². The van der Waals surface area contributed by atoms with E-state index in [1.807, 2.05) is 16.8 Å². The highest BCUT2D eigenvalue weighted by Crippen LogP contribution is 2.29. The molecule has 2 aliphatic rings. The van der Waals surface area contributed by atoms with Gasteiger partial charge in [-0.15, -0.1) is 0 Å². The van der Waals surface area contributed by atoms with Crippen molar-refractivity contribution in [1.82, 2.24) is 19.9 Å². The van der Waals surface area contributed by atoms with Gasteiger partial charge in [0.05, 0.1) is 6.54 Å². The van der Waals surface area contributed by atoms with Crippen LogP contribution in [0.3, 0.4) is 0 Å². The molecule has 0 unspecified atom stereocenters. The molecule has 1 saturated carbocycles. The van der Waals surface area contributed by atoms with Gasteiger partial charge in [0.25, 0.3) is 5.91 Å². The van der Waals surface area contributed by atoms with E-state index < -0.39 is 5.60 Å². The number of likely N-dealkylation sites (tertiary alicyclic amines) is 1. The minimum Gasteiger partial charge on any atom is -0.379 e. The number of amides is 1. The Morgan fingerprint density at radius 2 is 2.08 bits per heavy atom. The molecule has 1 aliphatic heterocycles. The van der Waals surface area contributed by atoms with E-state index >= 15 is 0 Å². The molecule has 7 heteroatoms. The standard InChI is InChI=1S/C19H32N4O3/c1-15-20-17(26-21-15)13-22(2)14-19(25)10-6-11-23(18(19)24)12-9-16-7-4-3-5-8-16/h16,25H,3-14H2,1-2H3/t19-/m0/s1. The van der Waals surface area contributed by atoms with Gasteiger partial charge >= 0.3 is 0 Å². The largest absolute Gasteiger partial charge is 0.379 e. The lowest BCUT2D eigenvalue weighted by molar-refractivity contribution is -0.159. The molecule has 1 N–H and O–H groups in total. The highest BCUT2D eigenvalue weighted by Gasteiger charge is 2.43. The summed E-state index contributed by atoms with van der Waals surface area (Å²) in [5.41, 5.74) is -1.31. The van der Waals surface area contributed by atoms with Crippen LogP contribution in [0.5, 0.6) is 0 Å². The normalized spacial score (nSPS) is 25.2. The van der Waals surface area contributed by atoms with E-state index in [-0.39, 0.29) is 12.5 Å². The molecule has 1 aromatic heterocycles. The number of likely N-dealkylation sites (N-methyl/N-ethyl adjacent to an activating group) is 1. The van der Waals surface area contributed by atoms with E-state index in [1.54, 1.807) is 6.92 Å². The zero-order valence-electron chi connectivity index (χ0n) is 16.1. The number of hydrogen-bond donors (Lipinski definition) is 1. The van der Waals surface area contributed by atoms with Gasteiger partial charge in [0, 0.05) is 19.6 Å². The van der Waals surface area contributed by atoms with E-state index in [1.165, 1.54) is 32.1 Å². The Morgan fingerprint density at radius 1 is 1.31 bits per heavy atom. The Labute approximate surface area is 155 Å². The summed E-state index contributed by atoms with van der Waals surface area (Å²) in [5, 5.41) is 14.8. The number of carbonyl (C=O) groups excluding carboxylic acids is 1. The molecule has 0 spiro atoms. The van der Waals surface area contributed by atoms with Crippen molar-refractivity contribution in [2.45, 2.75) is 70.4 Å². The molecule has 1 saturated heterocycles. The van der Waals surface area contributed by atoms with Crippen molar-refractivity contribution < 1.29 is 14.4 Å². The van der Waals surface area contributed by atoms with Gasteiger partial charge in [0.15, 0.2) is 11.4 Å². The number of hydrogen-bond acceptors (Lipinski definition) is 6. The van der Waals surface area contributed by atoms with Crippen molar-refractivity contribution in [1.29, 1.82) is 0 Å². The van der Waals surface area contributed by atoms with Gasteiger partial charge in [0.2, 0.25) is 5.89 Å². The van der Waals surface area contributed by atoms with Crippen LogP contribution in [0.15, 0.2) is 4.52 Å². The fraction of sp³-hybridized carbons (Fsp3) is 0.842. The van der Waals surface area contributed by atoms with Crippen LogP contribution in [-0.4, -0.2) is 63.2 Å². The second kappa shape index (κ2) is 8.48. The average molecular weight is 364 g/mol. The Kier molecular flexibility index (Phi) is 6.29. The third-order valence-electron chi connectivity index (χ3n) is 5.74. The Morgan fingerprint density at radius 3 is 2.77 bits per heavy atom. The fourth-order valence-electron chi connectivity index (χ4n) is 4.38. The smallest absolute Gasteiger partial charge is 0.255 e. The lowest BCUT2D eigenvalue weighted by atomic mass is 9.86. The minimum absolute atomic E-state index is 0.117. The lowest BCUT2D eigenvalue weighted by Crippen LogP contribution is -2.58. The summed E-state index contributed by atoms with van der Waals surface area (Å²) in [6.07, 6.45) is 9.01. The van der Waals surface area contributed by atoms with E-state index in [9.17, 15) is 9.90 Å². The van der Waals surface area contributed by atoms with Gasteiger partial charge < -0.3 is 14.5 Å².